The smallest absolute Gasteiger partial charge is 0.149 e. The van der Waals surface area contributed by atoms with Crippen molar-refractivity contribution in [3.8, 4) is 12.3 Å². The molecule has 0 spiro atoms. The van der Waals surface area contributed by atoms with Crippen molar-refractivity contribution < 1.29 is 4.79 Å². The van der Waals surface area contributed by atoms with Crippen LogP contribution in [0.5, 0.6) is 0 Å². The van der Waals surface area contributed by atoms with Crippen molar-refractivity contribution in [2.24, 2.45) is 5.92 Å². The van der Waals surface area contributed by atoms with Crippen LogP contribution in [0.1, 0.15) is 19.3 Å². The van der Waals surface area contributed by atoms with E-state index in [0.717, 1.165) is 25.9 Å². The average Bonchev–Trinajstić information content (AvgIpc) is 2.07. The molecule has 60 valence electrons. The van der Waals surface area contributed by atoms with Crippen molar-refractivity contribution in [2.75, 3.05) is 13.1 Å². The molecule has 1 fully saturated rings. The van der Waals surface area contributed by atoms with Crippen LogP contribution in [0.3, 0.4) is 0 Å². The molecular weight excluding hydrogens is 138 g/mol. The van der Waals surface area contributed by atoms with Crippen LogP contribution in [-0.2, 0) is 4.79 Å². The van der Waals surface area contributed by atoms with Gasteiger partial charge in [0.2, 0.25) is 0 Å². The Labute approximate surface area is 67.4 Å². The van der Waals surface area contributed by atoms with Gasteiger partial charge in [-0.3, -0.25) is 4.79 Å². The Morgan fingerprint density at radius 3 is 3.09 bits per heavy atom. The van der Waals surface area contributed by atoms with E-state index in [1.807, 2.05) is 0 Å². The largest absolute Gasteiger partial charge is 0.316 e. The number of nitrogens with one attached hydrogen (secondary N) is 1. The zero-order chi connectivity index (χ0) is 8.10. The standard InChI is InChI=1S/C9H13NO/c1-2-4-9(11)8-5-3-6-10-7-8/h1,8,10H,3-7H2/t8-/m0/s1. The normalized spacial score (nSPS) is 24.1. The molecule has 0 unspecified atom stereocenters. The van der Waals surface area contributed by atoms with Crippen LogP contribution >= 0.6 is 0 Å². The Balaban J connectivity index is 2.34. The van der Waals surface area contributed by atoms with Crippen molar-refractivity contribution in [2.45, 2.75) is 19.3 Å². The van der Waals surface area contributed by atoms with E-state index in [4.69, 9.17) is 6.42 Å². The molecule has 0 aliphatic carbocycles. The summed E-state index contributed by atoms with van der Waals surface area (Å²) < 4.78 is 0. The fourth-order valence-corrected chi connectivity index (χ4v) is 1.37. The number of carbonyl (C=O) groups is 1. The minimum Gasteiger partial charge on any atom is -0.316 e. The Morgan fingerprint density at radius 1 is 1.73 bits per heavy atom. The number of Topliss-reactive ketones (excluding diaryl/α,β-unsaturated/α-hetero) is 1. The highest BCUT2D eigenvalue weighted by Gasteiger charge is 2.19. The lowest BCUT2D eigenvalue weighted by molar-refractivity contribution is -0.122. The molecule has 2 nitrogen and oxygen atoms in total. The van der Waals surface area contributed by atoms with Gasteiger partial charge in [0.05, 0.1) is 6.42 Å². The van der Waals surface area contributed by atoms with Crippen molar-refractivity contribution >= 4 is 5.78 Å². The number of terminal acetylenes is 1. The highest BCUT2D eigenvalue weighted by molar-refractivity contribution is 5.83. The molecule has 1 aliphatic rings. The van der Waals surface area contributed by atoms with Gasteiger partial charge in [0, 0.05) is 12.5 Å². The fourth-order valence-electron chi connectivity index (χ4n) is 1.37. The topological polar surface area (TPSA) is 29.1 Å². The molecule has 1 atom stereocenters. The highest BCUT2D eigenvalue weighted by Crippen LogP contribution is 2.11. The summed E-state index contributed by atoms with van der Waals surface area (Å²) in [6.07, 6.45) is 7.45. The van der Waals surface area contributed by atoms with Crippen LogP contribution in [0.2, 0.25) is 0 Å². The summed E-state index contributed by atoms with van der Waals surface area (Å²) in [5.74, 6) is 2.79. The maximum absolute atomic E-state index is 11.2. The van der Waals surface area contributed by atoms with Crippen molar-refractivity contribution in [3.05, 3.63) is 0 Å². The second kappa shape index (κ2) is 4.15. The van der Waals surface area contributed by atoms with Gasteiger partial charge >= 0.3 is 0 Å². The van der Waals surface area contributed by atoms with E-state index in [1.54, 1.807) is 0 Å². The van der Waals surface area contributed by atoms with Gasteiger partial charge in [-0.15, -0.1) is 6.42 Å². The first-order chi connectivity index (χ1) is 5.34. The van der Waals surface area contributed by atoms with Crippen LogP contribution < -0.4 is 5.32 Å². The van der Waals surface area contributed by atoms with Crippen LogP contribution in [0.4, 0.5) is 0 Å². The molecule has 1 heterocycles. The van der Waals surface area contributed by atoms with Crippen LogP contribution in [0, 0.1) is 18.3 Å². The van der Waals surface area contributed by atoms with E-state index >= 15 is 0 Å². The highest BCUT2D eigenvalue weighted by atomic mass is 16.1. The minimum absolute atomic E-state index is 0.180. The summed E-state index contributed by atoms with van der Waals surface area (Å²) in [5.41, 5.74) is 0. The Hall–Kier alpha value is -0.810. The summed E-state index contributed by atoms with van der Waals surface area (Å²) in [5, 5.41) is 3.18. The Bertz CT molecular complexity index is 174. The monoisotopic (exact) mass is 151 g/mol. The van der Waals surface area contributed by atoms with Gasteiger partial charge in [-0.05, 0) is 19.4 Å². The van der Waals surface area contributed by atoms with Crippen molar-refractivity contribution in [3.63, 3.8) is 0 Å². The second-order valence-electron chi connectivity index (χ2n) is 2.89. The Kier molecular flexibility index (Phi) is 3.13. The molecule has 0 aromatic heterocycles. The lowest BCUT2D eigenvalue weighted by atomic mass is 9.94. The molecule has 1 aliphatic heterocycles. The number of hydrogen-bond donors (Lipinski definition) is 1. The van der Waals surface area contributed by atoms with Gasteiger partial charge in [0.15, 0.2) is 0 Å². The molecule has 0 aromatic carbocycles. The van der Waals surface area contributed by atoms with Gasteiger partial charge in [0.25, 0.3) is 0 Å². The first kappa shape index (κ1) is 8.29. The molecular formula is C9H13NO. The van der Waals surface area contributed by atoms with E-state index in [9.17, 15) is 4.79 Å². The minimum atomic E-state index is 0.180. The van der Waals surface area contributed by atoms with Crippen LogP contribution in [-0.4, -0.2) is 18.9 Å². The average molecular weight is 151 g/mol. The molecule has 0 amide bonds. The van der Waals surface area contributed by atoms with E-state index < -0.39 is 0 Å². The molecule has 0 bridgehead atoms. The maximum Gasteiger partial charge on any atom is 0.149 e. The summed E-state index contributed by atoms with van der Waals surface area (Å²) in [4.78, 5) is 11.2. The summed E-state index contributed by atoms with van der Waals surface area (Å²) in [7, 11) is 0. The molecule has 0 saturated carbocycles. The second-order valence-corrected chi connectivity index (χ2v) is 2.89. The van der Waals surface area contributed by atoms with Crippen LogP contribution in [0.25, 0.3) is 0 Å². The zero-order valence-corrected chi connectivity index (χ0v) is 6.60. The Morgan fingerprint density at radius 2 is 2.55 bits per heavy atom. The van der Waals surface area contributed by atoms with Gasteiger partial charge in [0.1, 0.15) is 5.78 Å². The molecule has 0 aromatic rings. The zero-order valence-electron chi connectivity index (χ0n) is 6.60. The summed E-state index contributed by atoms with van der Waals surface area (Å²) in [6.45, 7) is 1.86. The number of ketones is 1. The third-order valence-corrected chi connectivity index (χ3v) is 2.03. The lowest BCUT2D eigenvalue weighted by Gasteiger charge is -2.20. The van der Waals surface area contributed by atoms with E-state index in [1.165, 1.54) is 0 Å². The maximum atomic E-state index is 11.2. The number of rotatable bonds is 2. The van der Waals surface area contributed by atoms with Gasteiger partial charge in [-0.2, -0.15) is 0 Å². The predicted molar refractivity (Wildman–Crippen MR) is 44.1 cm³/mol. The summed E-state index contributed by atoms with van der Waals surface area (Å²) in [6, 6.07) is 0. The van der Waals surface area contributed by atoms with Crippen molar-refractivity contribution in [1.29, 1.82) is 0 Å². The molecule has 1 N–H and O–H groups in total. The first-order valence-corrected chi connectivity index (χ1v) is 4.01. The van der Waals surface area contributed by atoms with Gasteiger partial charge in [-0.1, -0.05) is 5.92 Å². The van der Waals surface area contributed by atoms with Crippen molar-refractivity contribution in [1.82, 2.24) is 5.32 Å². The van der Waals surface area contributed by atoms with Gasteiger partial charge < -0.3 is 5.32 Å². The van der Waals surface area contributed by atoms with E-state index in [-0.39, 0.29) is 11.7 Å². The molecule has 0 radical (unpaired) electrons. The first-order valence-electron chi connectivity index (χ1n) is 4.01. The summed E-state index contributed by atoms with van der Waals surface area (Å²) >= 11 is 0. The van der Waals surface area contributed by atoms with E-state index in [2.05, 4.69) is 11.2 Å². The third-order valence-electron chi connectivity index (χ3n) is 2.03. The molecule has 11 heavy (non-hydrogen) atoms. The predicted octanol–water partition coefficient (Wildman–Crippen LogP) is 0.578. The molecule has 2 heteroatoms. The lowest BCUT2D eigenvalue weighted by Crippen LogP contribution is -2.34. The third kappa shape index (κ3) is 2.36. The quantitative estimate of drug-likeness (QED) is 0.585. The SMILES string of the molecule is C#CCC(=O)[C@H]1CCCNC1. The van der Waals surface area contributed by atoms with Crippen LogP contribution in [0.15, 0.2) is 0 Å². The number of hydrogen-bond acceptors (Lipinski definition) is 2. The van der Waals surface area contributed by atoms with E-state index in [0.29, 0.717) is 6.42 Å². The number of piperidine rings is 1. The molecule has 1 rings (SSSR count). The number of carbonyl (C=O) groups excluding carboxylic acids is 1. The fraction of sp³-hybridized carbons (Fsp3) is 0.667. The van der Waals surface area contributed by atoms with Gasteiger partial charge in [-0.25, -0.2) is 0 Å². The molecule has 1 saturated heterocycles.